The van der Waals surface area contributed by atoms with E-state index in [0.717, 1.165) is 11.1 Å². The van der Waals surface area contributed by atoms with Gasteiger partial charge >= 0.3 is 0 Å². The number of rotatable bonds is 4. The van der Waals surface area contributed by atoms with Gasteiger partial charge in [-0.15, -0.1) is 0 Å². The average Bonchev–Trinajstić information content (AvgIpc) is 2.91. The number of halogens is 1. The van der Waals surface area contributed by atoms with Gasteiger partial charge in [-0.25, -0.2) is 4.98 Å². The molecule has 1 fully saturated rings. The Balaban J connectivity index is 1.30. The van der Waals surface area contributed by atoms with E-state index in [1.807, 2.05) is 54.3 Å². The lowest BCUT2D eigenvalue weighted by atomic mass is 9.86. The molecule has 0 saturated carbocycles. The third-order valence-electron chi connectivity index (χ3n) is 6.96. The van der Waals surface area contributed by atoms with Gasteiger partial charge in [-0.2, -0.15) is 0 Å². The highest BCUT2D eigenvalue weighted by molar-refractivity contribution is 6.30. The first kappa shape index (κ1) is 25.2. The van der Waals surface area contributed by atoms with Gasteiger partial charge in [-0.1, -0.05) is 42.6 Å². The van der Waals surface area contributed by atoms with Crippen LogP contribution < -0.4 is 5.43 Å². The molecule has 1 aliphatic rings. The molecule has 2 N–H and O–H groups in total. The molecule has 2 aromatic heterocycles. The first-order chi connectivity index (χ1) is 17.8. The second-order valence-corrected chi connectivity index (χ2v) is 9.87. The third kappa shape index (κ3) is 5.61. The van der Waals surface area contributed by atoms with Crippen LogP contribution >= 0.6 is 11.6 Å². The molecule has 188 valence electrons. The second kappa shape index (κ2) is 10.5. The molecule has 0 spiro atoms. The van der Waals surface area contributed by atoms with Crippen molar-refractivity contribution in [2.24, 2.45) is 0 Å². The van der Waals surface area contributed by atoms with Crippen molar-refractivity contribution in [1.82, 2.24) is 9.88 Å². The second-order valence-electron chi connectivity index (χ2n) is 9.43. The van der Waals surface area contributed by atoms with Crippen molar-refractivity contribution in [2.45, 2.75) is 38.0 Å². The smallest absolute Gasteiger partial charge is 0.193 e. The summed E-state index contributed by atoms with van der Waals surface area (Å²) >= 11 is 5.96. The number of benzene rings is 2. The Kier molecular flexibility index (Phi) is 7.14. The molecule has 6 nitrogen and oxygen atoms in total. The maximum atomic E-state index is 12.8. The minimum absolute atomic E-state index is 0.145. The highest BCUT2D eigenvalue weighted by Gasteiger charge is 2.39. The number of aliphatic hydroxyl groups is 2. The summed E-state index contributed by atoms with van der Waals surface area (Å²) in [4.78, 5) is 19.3. The molecule has 2 aromatic carbocycles. The SMILES string of the molecule is CC[C@]1(O)CCN(Cc2cc(=O)c3cc(C#Cc4ccc(-c5ccc(Cl)cc5)cn4)ccc3o2)C[C@H]1O. The van der Waals surface area contributed by atoms with E-state index >= 15 is 0 Å². The Labute approximate surface area is 220 Å². The van der Waals surface area contributed by atoms with Gasteiger partial charge in [-0.3, -0.25) is 9.69 Å². The van der Waals surface area contributed by atoms with Crippen molar-refractivity contribution in [3.63, 3.8) is 0 Å². The molecule has 2 atom stereocenters. The van der Waals surface area contributed by atoms with Crippen LogP contribution in [0.3, 0.4) is 0 Å². The summed E-state index contributed by atoms with van der Waals surface area (Å²) in [5.41, 5.74) is 2.60. The van der Waals surface area contributed by atoms with Gasteiger partial charge in [0.15, 0.2) is 5.43 Å². The summed E-state index contributed by atoms with van der Waals surface area (Å²) in [6.45, 7) is 3.21. The first-order valence-electron chi connectivity index (χ1n) is 12.3. The molecular weight excluding hydrogens is 488 g/mol. The molecule has 5 rings (SSSR count). The average molecular weight is 515 g/mol. The summed E-state index contributed by atoms with van der Waals surface area (Å²) in [5, 5.41) is 21.9. The summed E-state index contributed by atoms with van der Waals surface area (Å²) in [7, 11) is 0. The Morgan fingerprint density at radius 3 is 2.59 bits per heavy atom. The van der Waals surface area contributed by atoms with Crippen molar-refractivity contribution in [3.8, 4) is 23.0 Å². The largest absolute Gasteiger partial charge is 0.459 e. The molecule has 3 heterocycles. The van der Waals surface area contributed by atoms with Crippen molar-refractivity contribution in [2.75, 3.05) is 13.1 Å². The summed E-state index contributed by atoms with van der Waals surface area (Å²) in [6, 6.07) is 18.2. The van der Waals surface area contributed by atoms with Crippen LogP contribution in [-0.2, 0) is 6.54 Å². The van der Waals surface area contributed by atoms with Gasteiger partial charge in [-0.05, 0) is 60.7 Å². The number of hydrogen-bond donors (Lipinski definition) is 2. The van der Waals surface area contributed by atoms with Crippen molar-refractivity contribution in [1.29, 1.82) is 0 Å². The fourth-order valence-electron chi connectivity index (χ4n) is 4.58. The number of aliphatic hydroxyl groups excluding tert-OH is 1. The lowest BCUT2D eigenvalue weighted by Crippen LogP contribution is -2.54. The molecule has 0 unspecified atom stereocenters. The number of hydrogen-bond acceptors (Lipinski definition) is 6. The van der Waals surface area contributed by atoms with E-state index in [9.17, 15) is 15.0 Å². The van der Waals surface area contributed by atoms with Crippen LogP contribution in [0.2, 0.25) is 5.02 Å². The normalized spacial score (nSPS) is 19.9. The molecule has 0 bridgehead atoms. The van der Waals surface area contributed by atoms with Crippen LogP contribution in [0.1, 0.15) is 36.8 Å². The molecule has 0 aliphatic carbocycles. The predicted molar refractivity (Wildman–Crippen MR) is 144 cm³/mol. The lowest BCUT2D eigenvalue weighted by Gasteiger charge is -2.41. The minimum Gasteiger partial charge on any atom is -0.459 e. The van der Waals surface area contributed by atoms with Gasteiger partial charge in [0.05, 0.1) is 23.6 Å². The Bertz CT molecular complexity index is 1540. The van der Waals surface area contributed by atoms with E-state index in [0.29, 0.717) is 65.5 Å². The number of likely N-dealkylation sites (tertiary alicyclic amines) is 1. The molecule has 7 heteroatoms. The molecule has 4 aromatic rings. The van der Waals surface area contributed by atoms with E-state index in [1.54, 1.807) is 18.3 Å². The van der Waals surface area contributed by atoms with Crippen LogP contribution in [0.25, 0.3) is 22.1 Å². The van der Waals surface area contributed by atoms with E-state index in [1.165, 1.54) is 6.07 Å². The molecule has 0 amide bonds. The molecular formula is C30H27ClN2O4. The van der Waals surface area contributed by atoms with Gasteiger partial charge in [0.2, 0.25) is 0 Å². The van der Waals surface area contributed by atoms with Crippen molar-refractivity contribution >= 4 is 22.6 Å². The zero-order valence-corrected chi connectivity index (χ0v) is 21.2. The predicted octanol–water partition coefficient (Wildman–Crippen LogP) is 4.62. The number of nitrogens with zero attached hydrogens (tertiary/aromatic N) is 2. The standard InChI is InChI=1S/C30H27ClN2O4/c1-2-30(36)13-14-33(19-29(30)35)18-25-16-27(34)26-15-20(4-12-28(26)37-25)3-10-24-11-7-22(17-32-24)21-5-8-23(31)9-6-21/h4-9,11-12,15-17,29,35-36H,2,13-14,18-19H2,1H3/t29-,30+/m1/s1. The van der Waals surface area contributed by atoms with Crippen molar-refractivity contribution in [3.05, 3.63) is 99.1 Å². The Hall–Kier alpha value is -3.47. The molecule has 1 saturated heterocycles. The molecule has 1 aliphatic heterocycles. The molecule has 0 radical (unpaired) electrons. The fraction of sp³-hybridized carbons (Fsp3) is 0.267. The molecule has 37 heavy (non-hydrogen) atoms. The van der Waals surface area contributed by atoms with Crippen LogP contribution in [0.15, 0.2) is 76.1 Å². The van der Waals surface area contributed by atoms with Crippen LogP contribution in [0, 0.1) is 11.8 Å². The fourth-order valence-corrected chi connectivity index (χ4v) is 4.71. The number of β-amino-alcohol motifs (C(OH)–C–C–N with tert-alkyl or cyclic N) is 1. The van der Waals surface area contributed by atoms with E-state index < -0.39 is 11.7 Å². The van der Waals surface area contributed by atoms with Crippen LogP contribution in [0.4, 0.5) is 0 Å². The zero-order chi connectivity index (χ0) is 26.0. The number of pyridine rings is 1. The number of fused-ring (bicyclic) bond motifs is 1. The minimum atomic E-state index is -1.05. The Morgan fingerprint density at radius 1 is 1.11 bits per heavy atom. The van der Waals surface area contributed by atoms with Crippen LogP contribution in [0.5, 0.6) is 0 Å². The highest BCUT2D eigenvalue weighted by Crippen LogP contribution is 2.27. The maximum Gasteiger partial charge on any atom is 0.193 e. The highest BCUT2D eigenvalue weighted by atomic mass is 35.5. The zero-order valence-electron chi connectivity index (χ0n) is 20.4. The topological polar surface area (TPSA) is 86.8 Å². The Morgan fingerprint density at radius 2 is 1.89 bits per heavy atom. The van der Waals surface area contributed by atoms with Gasteiger partial charge in [0, 0.05) is 41.5 Å². The quantitative estimate of drug-likeness (QED) is 0.387. The number of piperidine rings is 1. The van der Waals surface area contributed by atoms with Gasteiger partial charge < -0.3 is 14.6 Å². The van der Waals surface area contributed by atoms with E-state index in [-0.39, 0.29) is 5.43 Å². The van der Waals surface area contributed by atoms with Gasteiger partial charge in [0.25, 0.3) is 0 Å². The van der Waals surface area contributed by atoms with Crippen molar-refractivity contribution < 1.29 is 14.6 Å². The van der Waals surface area contributed by atoms with Crippen LogP contribution in [-0.4, -0.2) is 44.9 Å². The first-order valence-corrected chi connectivity index (χ1v) is 12.6. The maximum absolute atomic E-state index is 12.8. The summed E-state index contributed by atoms with van der Waals surface area (Å²) in [6.07, 6.45) is 1.92. The van der Waals surface area contributed by atoms with E-state index in [2.05, 4.69) is 16.8 Å². The monoisotopic (exact) mass is 514 g/mol. The van der Waals surface area contributed by atoms with Gasteiger partial charge in [0.1, 0.15) is 17.0 Å². The summed E-state index contributed by atoms with van der Waals surface area (Å²) in [5.74, 6) is 6.65. The van der Waals surface area contributed by atoms with E-state index in [4.69, 9.17) is 16.0 Å². The summed E-state index contributed by atoms with van der Waals surface area (Å²) < 4.78 is 5.98. The third-order valence-corrected chi connectivity index (χ3v) is 7.21. The number of aromatic nitrogens is 1. The lowest BCUT2D eigenvalue weighted by molar-refractivity contribution is -0.122.